The van der Waals surface area contributed by atoms with Crippen LogP contribution in [0.3, 0.4) is 0 Å². The van der Waals surface area contributed by atoms with Crippen LogP contribution in [0.5, 0.6) is 0 Å². The van der Waals surface area contributed by atoms with E-state index >= 15 is 0 Å². The predicted octanol–water partition coefficient (Wildman–Crippen LogP) is 5.41. The molecule has 0 aliphatic carbocycles. The molecule has 1 aromatic heterocycles. The molecule has 0 bridgehead atoms. The standard InChI is InChI=1S/C26H23N3OS/c30-26(27-17-16-20-8-3-1-4-9-20)23-13-7-10-21(18-23)19-31-25-15-14-24(28-29-25)22-11-5-2-6-12-22/h1-15,18H,16-17,19H2,(H,27,30). The Morgan fingerprint density at radius 2 is 1.52 bits per heavy atom. The average molecular weight is 426 g/mol. The molecule has 0 radical (unpaired) electrons. The lowest BCUT2D eigenvalue weighted by molar-refractivity contribution is 0.0954. The highest BCUT2D eigenvalue weighted by Crippen LogP contribution is 2.23. The van der Waals surface area contributed by atoms with Gasteiger partial charge in [-0.25, -0.2) is 0 Å². The van der Waals surface area contributed by atoms with Crippen molar-refractivity contribution in [2.24, 2.45) is 0 Å². The van der Waals surface area contributed by atoms with Crippen molar-refractivity contribution in [2.45, 2.75) is 17.2 Å². The summed E-state index contributed by atoms with van der Waals surface area (Å²) in [5.74, 6) is 0.680. The summed E-state index contributed by atoms with van der Waals surface area (Å²) in [6.45, 7) is 0.616. The second-order valence-electron chi connectivity index (χ2n) is 7.10. The Morgan fingerprint density at radius 3 is 2.26 bits per heavy atom. The van der Waals surface area contributed by atoms with Crippen LogP contribution in [0.25, 0.3) is 11.3 Å². The first-order valence-corrected chi connectivity index (χ1v) is 11.2. The van der Waals surface area contributed by atoms with Crippen LogP contribution >= 0.6 is 11.8 Å². The van der Waals surface area contributed by atoms with Crippen molar-refractivity contribution in [1.29, 1.82) is 0 Å². The molecule has 31 heavy (non-hydrogen) atoms. The molecule has 0 unspecified atom stereocenters. The molecule has 0 spiro atoms. The summed E-state index contributed by atoms with van der Waals surface area (Å²) in [5.41, 5.74) is 4.88. The number of thioether (sulfide) groups is 1. The SMILES string of the molecule is O=C(NCCc1ccccc1)c1cccc(CSc2ccc(-c3ccccc3)nn2)c1. The summed E-state index contributed by atoms with van der Waals surface area (Å²) in [6, 6.07) is 31.9. The van der Waals surface area contributed by atoms with Crippen LogP contribution in [-0.2, 0) is 12.2 Å². The van der Waals surface area contributed by atoms with Crippen molar-refractivity contribution in [3.05, 3.63) is 114 Å². The quantitative estimate of drug-likeness (QED) is 0.384. The molecule has 4 nitrogen and oxygen atoms in total. The van der Waals surface area contributed by atoms with Gasteiger partial charge in [0.05, 0.1) is 5.69 Å². The molecule has 0 saturated heterocycles. The summed E-state index contributed by atoms with van der Waals surface area (Å²) in [7, 11) is 0. The average Bonchev–Trinajstić information content (AvgIpc) is 2.84. The number of aromatic nitrogens is 2. The molecule has 0 atom stereocenters. The Morgan fingerprint density at radius 1 is 0.774 bits per heavy atom. The molecule has 1 N–H and O–H groups in total. The van der Waals surface area contributed by atoms with Gasteiger partial charge in [0.25, 0.3) is 5.91 Å². The molecule has 1 heterocycles. The first-order chi connectivity index (χ1) is 15.3. The van der Waals surface area contributed by atoms with Crippen molar-refractivity contribution in [3.8, 4) is 11.3 Å². The maximum Gasteiger partial charge on any atom is 0.251 e. The second kappa shape index (κ2) is 10.5. The van der Waals surface area contributed by atoms with Crippen LogP contribution in [-0.4, -0.2) is 22.6 Å². The van der Waals surface area contributed by atoms with E-state index in [0.29, 0.717) is 12.1 Å². The number of carbonyl (C=O) groups excluding carboxylic acids is 1. The van der Waals surface area contributed by atoms with E-state index in [1.165, 1.54) is 5.56 Å². The summed E-state index contributed by atoms with van der Waals surface area (Å²) in [6.07, 6.45) is 0.819. The van der Waals surface area contributed by atoms with Gasteiger partial charge < -0.3 is 5.32 Å². The first kappa shape index (κ1) is 20.8. The van der Waals surface area contributed by atoms with Crippen LogP contribution in [0.4, 0.5) is 0 Å². The number of carbonyl (C=O) groups is 1. The first-order valence-electron chi connectivity index (χ1n) is 10.2. The Bertz CT molecular complexity index is 1120. The van der Waals surface area contributed by atoms with Crippen LogP contribution in [0.1, 0.15) is 21.5 Å². The Hall–Kier alpha value is -3.44. The van der Waals surface area contributed by atoms with Crippen LogP contribution in [0, 0.1) is 0 Å². The van der Waals surface area contributed by atoms with E-state index in [2.05, 4.69) is 27.6 Å². The molecule has 5 heteroatoms. The number of nitrogens with one attached hydrogen (secondary N) is 1. The van der Waals surface area contributed by atoms with Crippen molar-refractivity contribution in [1.82, 2.24) is 15.5 Å². The lowest BCUT2D eigenvalue weighted by Gasteiger charge is -2.07. The fourth-order valence-electron chi connectivity index (χ4n) is 3.19. The molecular weight excluding hydrogens is 402 g/mol. The minimum absolute atomic E-state index is 0.0465. The number of benzene rings is 3. The molecule has 4 rings (SSSR count). The highest BCUT2D eigenvalue weighted by atomic mass is 32.2. The summed E-state index contributed by atoms with van der Waals surface area (Å²) in [5, 5.41) is 12.5. The highest BCUT2D eigenvalue weighted by molar-refractivity contribution is 7.98. The summed E-state index contributed by atoms with van der Waals surface area (Å²) < 4.78 is 0. The van der Waals surface area contributed by atoms with E-state index in [-0.39, 0.29) is 5.91 Å². The third-order valence-corrected chi connectivity index (χ3v) is 5.82. The van der Waals surface area contributed by atoms with Gasteiger partial charge in [-0.1, -0.05) is 84.6 Å². The van der Waals surface area contributed by atoms with E-state index in [4.69, 9.17) is 0 Å². The lowest BCUT2D eigenvalue weighted by atomic mass is 10.1. The smallest absolute Gasteiger partial charge is 0.251 e. The van der Waals surface area contributed by atoms with Crippen LogP contribution in [0.2, 0.25) is 0 Å². The van der Waals surface area contributed by atoms with Crippen molar-refractivity contribution in [2.75, 3.05) is 6.54 Å². The van der Waals surface area contributed by atoms with E-state index in [1.54, 1.807) is 11.8 Å². The van der Waals surface area contributed by atoms with Gasteiger partial charge in [0.2, 0.25) is 0 Å². The van der Waals surface area contributed by atoms with Gasteiger partial charge in [0.15, 0.2) is 0 Å². The van der Waals surface area contributed by atoms with Gasteiger partial charge in [-0.3, -0.25) is 4.79 Å². The zero-order valence-electron chi connectivity index (χ0n) is 17.1. The Kier molecular flexibility index (Phi) is 7.08. The molecule has 4 aromatic rings. The molecule has 3 aromatic carbocycles. The van der Waals surface area contributed by atoms with E-state index in [9.17, 15) is 4.79 Å². The normalized spacial score (nSPS) is 10.6. The van der Waals surface area contributed by atoms with Crippen molar-refractivity contribution < 1.29 is 4.79 Å². The highest BCUT2D eigenvalue weighted by Gasteiger charge is 2.07. The van der Waals surface area contributed by atoms with E-state index in [0.717, 1.165) is 34.0 Å². The fraction of sp³-hybridized carbons (Fsp3) is 0.115. The van der Waals surface area contributed by atoms with Gasteiger partial charge in [-0.2, -0.15) is 0 Å². The molecular formula is C26H23N3OS. The minimum Gasteiger partial charge on any atom is -0.352 e. The molecule has 0 aliphatic rings. The predicted molar refractivity (Wildman–Crippen MR) is 126 cm³/mol. The van der Waals surface area contributed by atoms with Gasteiger partial charge in [-0.15, -0.1) is 10.2 Å². The van der Waals surface area contributed by atoms with Gasteiger partial charge in [-0.05, 0) is 41.8 Å². The maximum absolute atomic E-state index is 12.5. The number of amides is 1. The third kappa shape index (κ3) is 6.03. The number of hydrogen-bond donors (Lipinski definition) is 1. The second-order valence-corrected chi connectivity index (χ2v) is 8.10. The molecule has 0 saturated carbocycles. The lowest BCUT2D eigenvalue weighted by Crippen LogP contribution is -2.25. The third-order valence-electron chi connectivity index (χ3n) is 4.83. The summed E-state index contributed by atoms with van der Waals surface area (Å²) >= 11 is 1.61. The number of nitrogens with zero attached hydrogens (tertiary/aromatic N) is 2. The van der Waals surface area contributed by atoms with Crippen LogP contribution < -0.4 is 5.32 Å². The number of rotatable bonds is 8. The minimum atomic E-state index is -0.0465. The largest absolute Gasteiger partial charge is 0.352 e. The van der Waals surface area contributed by atoms with Gasteiger partial charge in [0, 0.05) is 23.4 Å². The van der Waals surface area contributed by atoms with Crippen molar-refractivity contribution >= 4 is 17.7 Å². The van der Waals surface area contributed by atoms with Crippen LogP contribution in [0.15, 0.2) is 102 Å². The van der Waals surface area contributed by atoms with E-state index < -0.39 is 0 Å². The summed E-state index contributed by atoms with van der Waals surface area (Å²) in [4.78, 5) is 12.5. The topological polar surface area (TPSA) is 54.9 Å². The Labute approximate surface area is 186 Å². The zero-order valence-corrected chi connectivity index (χ0v) is 17.9. The van der Waals surface area contributed by atoms with Crippen molar-refractivity contribution in [3.63, 3.8) is 0 Å². The maximum atomic E-state index is 12.5. The molecule has 0 fully saturated rings. The Balaban J connectivity index is 1.30. The molecule has 154 valence electrons. The fourth-order valence-corrected chi connectivity index (χ4v) is 3.94. The van der Waals surface area contributed by atoms with E-state index in [1.807, 2.05) is 84.9 Å². The van der Waals surface area contributed by atoms with Gasteiger partial charge in [0.1, 0.15) is 5.03 Å². The molecule has 1 amide bonds. The number of hydrogen-bond acceptors (Lipinski definition) is 4. The monoisotopic (exact) mass is 425 g/mol. The van der Waals surface area contributed by atoms with Gasteiger partial charge >= 0.3 is 0 Å². The zero-order chi connectivity index (χ0) is 21.3. The molecule has 0 aliphatic heterocycles.